The lowest BCUT2D eigenvalue weighted by Crippen LogP contribution is -2.41. The van der Waals surface area contributed by atoms with Gasteiger partial charge in [0, 0.05) is 18.5 Å². The molecule has 0 amide bonds. The second-order valence-electron chi connectivity index (χ2n) is 6.24. The maximum absolute atomic E-state index is 13.1. The topological polar surface area (TPSA) is 64.2 Å². The highest BCUT2D eigenvalue weighted by Crippen LogP contribution is 2.39. The Morgan fingerprint density at radius 3 is 2.67 bits per heavy atom. The fourth-order valence-electron chi connectivity index (χ4n) is 3.06. The van der Waals surface area contributed by atoms with Crippen molar-refractivity contribution in [3.05, 3.63) is 16.4 Å². The molecule has 0 saturated heterocycles. The zero-order chi connectivity index (χ0) is 15.5. The third kappa shape index (κ3) is 3.55. The predicted molar refractivity (Wildman–Crippen MR) is 87.4 cm³/mol. The summed E-state index contributed by atoms with van der Waals surface area (Å²) in [5, 5.41) is 4.35. The Morgan fingerprint density at radius 1 is 1.43 bits per heavy atom. The minimum absolute atomic E-state index is 0.160. The molecular formula is C15H25BrN4O. The predicted octanol–water partition coefficient (Wildman–Crippen LogP) is 2.30. The molecule has 0 bridgehead atoms. The molecule has 5 nitrogen and oxygen atoms in total. The summed E-state index contributed by atoms with van der Waals surface area (Å²) in [7, 11) is 4.03. The second kappa shape index (κ2) is 7.03. The summed E-state index contributed by atoms with van der Waals surface area (Å²) in [6, 6.07) is 0. The average Bonchev–Trinajstić information content (AvgIpc) is 2.86. The number of halogens is 1. The second-order valence-corrected chi connectivity index (χ2v) is 7.10. The zero-order valence-electron chi connectivity index (χ0n) is 12.9. The first-order valence-electron chi connectivity index (χ1n) is 7.61. The molecule has 118 valence electrons. The van der Waals surface area contributed by atoms with Crippen molar-refractivity contribution >= 4 is 21.7 Å². The lowest BCUT2D eigenvalue weighted by molar-refractivity contribution is 0.0715. The van der Waals surface area contributed by atoms with Gasteiger partial charge in [-0.05, 0) is 42.9 Å². The molecule has 1 heterocycles. The minimum Gasteiger partial charge on any atom is -0.329 e. The molecule has 1 aliphatic rings. The van der Waals surface area contributed by atoms with Gasteiger partial charge in [0.1, 0.15) is 5.69 Å². The summed E-state index contributed by atoms with van der Waals surface area (Å²) in [5.74, 6) is 0.160. The number of carbonyl (C=O) groups excluding carboxylic acids is 1. The zero-order valence-corrected chi connectivity index (χ0v) is 14.5. The molecule has 1 aromatic heterocycles. The van der Waals surface area contributed by atoms with Gasteiger partial charge < -0.3 is 10.6 Å². The lowest BCUT2D eigenvalue weighted by atomic mass is 9.70. The Morgan fingerprint density at radius 2 is 2.10 bits per heavy atom. The number of nitrogens with two attached hydrogens (primary N) is 1. The van der Waals surface area contributed by atoms with Gasteiger partial charge in [-0.25, -0.2) is 0 Å². The van der Waals surface area contributed by atoms with E-state index in [2.05, 4.69) is 25.9 Å². The molecule has 2 rings (SSSR count). The number of hydrogen-bond acceptors (Lipinski definition) is 4. The summed E-state index contributed by atoms with van der Waals surface area (Å²) in [5.41, 5.74) is 6.29. The number of Topliss-reactive ketones (excluding diaryl/α,β-unsaturated/α-hetero) is 1. The molecule has 0 spiro atoms. The van der Waals surface area contributed by atoms with Gasteiger partial charge in [0.2, 0.25) is 0 Å². The minimum atomic E-state index is -0.392. The molecule has 0 unspecified atom stereocenters. The molecule has 2 N–H and O–H groups in total. The Labute approximate surface area is 135 Å². The first-order valence-corrected chi connectivity index (χ1v) is 8.40. The average molecular weight is 357 g/mol. The van der Waals surface area contributed by atoms with Crippen molar-refractivity contribution < 1.29 is 4.79 Å². The van der Waals surface area contributed by atoms with Gasteiger partial charge in [0.15, 0.2) is 5.78 Å². The summed E-state index contributed by atoms with van der Waals surface area (Å²) in [6.45, 7) is 1.99. The van der Waals surface area contributed by atoms with Crippen LogP contribution in [0.25, 0.3) is 0 Å². The van der Waals surface area contributed by atoms with Crippen LogP contribution in [0.5, 0.6) is 0 Å². The monoisotopic (exact) mass is 356 g/mol. The van der Waals surface area contributed by atoms with Crippen LogP contribution in [-0.4, -0.2) is 47.6 Å². The maximum Gasteiger partial charge on any atom is 0.189 e. The van der Waals surface area contributed by atoms with Gasteiger partial charge in [0.05, 0.1) is 17.2 Å². The van der Waals surface area contributed by atoms with Crippen molar-refractivity contribution in [2.24, 2.45) is 11.1 Å². The molecule has 6 heteroatoms. The molecule has 21 heavy (non-hydrogen) atoms. The van der Waals surface area contributed by atoms with Gasteiger partial charge in [-0.15, -0.1) is 0 Å². The van der Waals surface area contributed by atoms with Crippen LogP contribution in [0.3, 0.4) is 0 Å². The highest BCUT2D eigenvalue weighted by Gasteiger charge is 2.40. The van der Waals surface area contributed by atoms with E-state index in [1.54, 1.807) is 6.20 Å². The van der Waals surface area contributed by atoms with E-state index >= 15 is 0 Å². The van der Waals surface area contributed by atoms with Gasteiger partial charge in [0.25, 0.3) is 0 Å². The van der Waals surface area contributed by atoms with Crippen LogP contribution in [0.4, 0.5) is 0 Å². The largest absolute Gasteiger partial charge is 0.329 e. The van der Waals surface area contributed by atoms with E-state index < -0.39 is 5.41 Å². The highest BCUT2D eigenvalue weighted by molar-refractivity contribution is 9.10. The van der Waals surface area contributed by atoms with Crippen LogP contribution in [0, 0.1) is 5.41 Å². The first kappa shape index (κ1) is 16.6. The summed E-state index contributed by atoms with van der Waals surface area (Å²) < 4.78 is 2.60. The quantitative estimate of drug-likeness (QED) is 0.794. The number of rotatable bonds is 6. The van der Waals surface area contributed by atoms with E-state index in [1.807, 2.05) is 18.8 Å². The summed E-state index contributed by atoms with van der Waals surface area (Å²) >= 11 is 3.49. The molecule has 0 aliphatic heterocycles. The summed E-state index contributed by atoms with van der Waals surface area (Å²) in [6.07, 6.45) is 6.89. The van der Waals surface area contributed by atoms with Crippen LogP contribution in [0.1, 0.15) is 42.6 Å². The Bertz CT molecular complexity index is 492. The Kier molecular flexibility index (Phi) is 5.57. The van der Waals surface area contributed by atoms with E-state index in [0.717, 1.165) is 36.7 Å². The standard InChI is InChI=1S/C15H25BrN4O/c1-19(2)8-9-20-13(12(16)10-18-20)14(21)15(11-17)6-4-3-5-7-15/h10H,3-9,11,17H2,1-2H3. The number of likely N-dealkylation sites (N-methyl/N-ethyl adjacent to an activating group) is 1. The maximum atomic E-state index is 13.1. The summed E-state index contributed by atoms with van der Waals surface area (Å²) in [4.78, 5) is 15.2. The fourth-order valence-corrected chi connectivity index (χ4v) is 3.53. The van der Waals surface area contributed by atoms with Crippen LogP contribution in [-0.2, 0) is 6.54 Å². The lowest BCUT2D eigenvalue weighted by Gasteiger charge is -2.34. The number of nitrogens with zero attached hydrogens (tertiary/aromatic N) is 3. The fraction of sp³-hybridized carbons (Fsp3) is 0.733. The molecule has 1 saturated carbocycles. The normalized spacial score (nSPS) is 18.1. The number of hydrogen-bond donors (Lipinski definition) is 1. The molecule has 0 aromatic carbocycles. The molecule has 0 radical (unpaired) electrons. The van der Waals surface area contributed by atoms with Gasteiger partial charge in [-0.1, -0.05) is 19.3 Å². The molecule has 1 fully saturated rings. The van der Waals surface area contributed by atoms with E-state index in [9.17, 15) is 4.79 Å². The van der Waals surface area contributed by atoms with E-state index in [0.29, 0.717) is 18.8 Å². The van der Waals surface area contributed by atoms with Crippen molar-refractivity contribution in [1.82, 2.24) is 14.7 Å². The van der Waals surface area contributed by atoms with Gasteiger partial charge in [-0.3, -0.25) is 9.48 Å². The molecule has 0 atom stereocenters. The van der Waals surface area contributed by atoms with E-state index in [1.165, 1.54) is 6.42 Å². The van der Waals surface area contributed by atoms with Crippen molar-refractivity contribution in [1.29, 1.82) is 0 Å². The third-order valence-electron chi connectivity index (χ3n) is 4.45. The number of aromatic nitrogens is 2. The molecule has 1 aromatic rings. The molecular weight excluding hydrogens is 332 g/mol. The van der Waals surface area contributed by atoms with Crippen LogP contribution in [0.2, 0.25) is 0 Å². The Hall–Kier alpha value is -0.720. The van der Waals surface area contributed by atoms with Gasteiger partial charge >= 0.3 is 0 Å². The SMILES string of the molecule is CN(C)CCn1ncc(Br)c1C(=O)C1(CN)CCCCC1. The van der Waals surface area contributed by atoms with Crippen LogP contribution >= 0.6 is 15.9 Å². The van der Waals surface area contributed by atoms with Crippen molar-refractivity contribution in [3.8, 4) is 0 Å². The smallest absolute Gasteiger partial charge is 0.189 e. The van der Waals surface area contributed by atoms with Crippen molar-refractivity contribution in [2.75, 3.05) is 27.2 Å². The number of carbonyl (C=O) groups is 1. The van der Waals surface area contributed by atoms with Gasteiger partial charge in [-0.2, -0.15) is 5.10 Å². The first-order chi connectivity index (χ1) is 10.00. The van der Waals surface area contributed by atoms with Crippen molar-refractivity contribution in [3.63, 3.8) is 0 Å². The molecule has 1 aliphatic carbocycles. The third-order valence-corrected chi connectivity index (χ3v) is 5.03. The highest BCUT2D eigenvalue weighted by atomic mass is 79.9. The number of ketones is 1. The van der Waals surface area contributed by atoms with E-state index in [-0.39, 0.29) is 5.78 Å². The Balaban J connectivity index is 2.27. The van der Waals surface area contributed by atoms with Crippen LogP contribution in [0.15, 0.2) is 10.7 Å². The van der Waals surface area contributed by atoms with Crippen molar-refractivity contribution in [2.45, 2.75) is 38.6 Å². The van der Waals surface area contributed by atoms with Crippen LogP contribution < -0.4 is 5.73 Å². The van der Waals surface area contributed by atoms with E-state index in [4.69, 9.17) is 5.73 Å².